The number of piperidine rings is 1. The number of nitrogen functional groups attached to an aromatic ring is 1. The van der Waals surface area contributed by atoms with Gasteiger partial charge in [-0.25, -0.2) is 27.2 Å². The lowest BCUT2D eigenvalue weighted by molar-refractivity contribution is 0.103. The first-order valence-corrected chi connectivity index (χ1v) is 14.1. The third kappa shape index (κ3) is 7.19. The van der Waals surface area contributed by atoms with E-state index >= 15 is 0 Å². The lowest BCUT2D eigenvalue weighted by Crippen LogP contribution is -2.42. The zero-order valence-corrected chi connectivity index (χ0v) is 23.7. The summed E-state index contributed by atoms with van der Waals surface area (Å²) in [6.07, 6.45) is 2.24. The Morgan fingerprint density at radius 1 is 1.21 bits per heavy atom. The first kappa shape index (κ1) is 30.6. The van der Waals surface area contributed by atoms with E-state index in [2.05, 4.69) is 15.3 Å². The van der Waals surface area contributed by atoms with E-state index in [-0.39, 0.29) is 47.1 Å². The van der Waals surface area contributed by atoms with Crippen molar-refractivity contribution in [3.05, 3.63) is 58.6 Å². The maximum atomic E-state index is 14.1. The summed E-state index contributed by atoms with van der Waals surface area (Å²) in [5, 5.41) is 3.48. The van der Waals surface area contributed by atoms with Crippen molar-refractivity contribution in [2.45, 2.75) is 23.8 Å². The Morgan fingerprint density at radius 2 is 1.87 bits per heavy atom. The minimum absolute atomic E-state index is 0. The Balaban J connectivity index is 0.00000420. The first-order valence-electron chi connectivity index (χ1n) is 11.8. The molecule has 3 aromatic rings. The molecule has 3 heterocycles. The molecule has 1 saturated heterocycles. The van der Waals surface area contributed by atoms with Crippen LogP contribution in [0.1, 0.15) is 28.1 Å². The molecule has 1 aromatic carbocycles. The molecule has 39 heavy (non-hydrogen) atoms. The van der Waals surface area contributed by atoms with Gasteiger partial charge >= 0.3 is 0 Å². The molecule has 1 aliphatic rings. The van der Waals surface area contributed by atoms with E-state index < -0.39 is 33.0 Å². The Hall–Kier alpha value is -2.91. The van der Waals surface area contributed by atoms with Crippen molar-refractivity contribution in [2.24, 2.45) is 0 Å². The molecular weight excluding hydrogens is 574 g/mol. The highest BCUT2D eigenvalue weighted by molar-refractivity contribution is 7.89. The summed E-state index contributed by atoms with van der Waals surface area (Å²) in [4.78, 5) is 22.9. The van der Waals surface area contributed by atoms with E-state index in [1.807, 2.05) is 19.0 Å². The molecule has 0 aliphatic carbocycles. The van der Waals surface area contributed by atoms with Crippen LogP contribution in [-0.2, 0) is 10.0 Å². The summed E-state index contributed by atoms with van der Waals surface area (Å²) in [5.41, 5.74) is 5.18. The number of ether oxygens (including phenoxy) is 1. The van der Waals surface area contributed by atoms with Crippen LogP contribution in [-0.4, -0.2) is 79.8 Å². The number of benzene rings is 1. The third-order valence-electron chi connectivity index (χ3n) is 5.97. The molecule has 10 nitrogen and oxygen atoms in total. The lowest BCUT2D eigenvalue weighted by atomic mass is 10.1. The summed E-state index contributed by atoms with van der Waals surface area (Å²) in [6.45, 7) is 1.66. The van der Waals surface area contributed by atoms with Crippen LogP contribution in [0.25, 0.3) is 0 Å². The van der Waals surface area contributed by atoms with Gasteiger partial charge in [0.25, 0.3) is 0 Å². The number of carbonyl (C=O) groups excluding carboxylic acids is 1. The molecule has 1 fully saturated rings. The number of ketones is 1. The number of aromatic nitrogens is 2. The molecule has 0 unspecified atom stereocenters. The molecule has 0 atom stereocenters. The summed E-state index contributed by atoms with van der Waals surface area (Å²) < 4.78 is 61.2. The van der Waals surface area contributed by atoms with Crippen molar-refractivity contribution >= 4 is 50.5 Å². The number of nitrogens with two attached hydrogens (primary N) is 1. The molecule has 1 aliphatic heterocycles. The van der Waals surface area contributed by atoms with Crippen molar-refractivity contribution in [1.29, 1.82) is 0 Å². The maximum Gasteiger partial charge on any atom is 0.244 e. The number of hydrogen-bond acceptors (Lipinski definition) is 10. The molecule has 0 saturated carbocycles. The number of anilines is 2. The number of nitrogens with one attached hydrogen (secondary N) is 1. The summed E-state index contributed by atoms with van der Waals surface area (Å²) in [5.74, 6) is -2.62. The zero-order valence-electron chi connectivity index (χ0n) is 21.3. The molecule has 0 radical (unpaired) electrons. The van der Waals surface area contributed by atoms with Gasteiger partial charge in [-0.15, -0.1) is 12.4 Å². The van der Waals surface area contributed by atoms with Gasteiger partial charge in [-0.05, 0) is 45.1 Å². The third-order valence-corrected chi connectivity index (χ3v) is 8.85. The van der Waals surface area contributed by atoms with E-state index in [9.17, 15) is 22.0 Å². The second-order valence-corrected chi connectivity index (χ2v) is 11.9. The summed E-state index contributed by atoms with van der Waals surface area (Å²) >= 11 is 0.900. The van der Waals surface area contributed by atoms with Gasteiger partial charge in [0, 0.05) is 31.7 Å². The van der Waals surface area contributed by atoms with Crippen LogP contribution < -0.4 is 15.8 Å². The van der Waals surface area contributed by atoms with Crippen molar-refractivity contribution in [2.75, 3.05) is 51.4 Å². The van der Waals surface area contributed by atoms with Crippen LogP contribution in [0.2, 0.25) is 0 Å². The smallest absolute Gasteiger partial charge is 0.244 e. The minimum atomic E-state index is -3.73. The van der Waals surface area contributed by atoms with Gasteiger partial charge in [-0.3, -0.25) is 4.79 Å². The van der Waals surface area contributed by atoms with E-state index in [1.165, 1.54) is 28.7 Å². The number of sulfonamides is 1. The number of thiazole rings is 1. The highest BCUT2D eigenvalue weighted by atomic mass is 35.5. The van der Waals surface area contributed by atoms with Crippen LogP contribution in [0, 0.1) is 11.6 Å². The second-order valence-electron chi connectivity index (χ2n) is 8.97. The quantitative estimate of drug-likeness (QED) is 0.336. The molecule has 2 aromatic heterocycles. The second kappa shape index (κ2) is 13.0. The number of carbonyl (C=O) groups is 1. The fraction of sp³-hybridized carbons (Fsp3) is 0.375. The Bertz CT molecular complexity index is 1380. The molecule has 3 N–H and O–H groups in total. The Morgan fingerprint density at radius 3 is 2.46 bits per heavy atom. The fourth-order valence-corrected chi connectivity index (χ4v) is 6.21. The molecule has 0 bridgehead atoms. The van der Waals surface area contributed by atoms with E-state index in [1.54, 1.807) is 0 Å². The average Bonchev–Trinajstić information content (AvgIpc) is 3.24. The highest BCUT2D eigenvalue weighted by Gasteiger charge is 2.31. The van der Waals surface area contributed by atoms with Gasteiger partial charge in [-0.2, -0.15) is 4.31 Å². The topological polar surface area (TPSA) is 131 Å². The average molecular weight is 603 g/mol. The normalized spacial score (nSPS) is 14.7. The number of halogens is 3. The van der Waals surface area contributed by atoms with Crippen LogP contribution in [0.5, 0.6) is 5.88 Å². The van der Waals surface area contributed by atoms with Crippen LogP contribution in [0.15, 0.2) is 41.4 Å². The molecule has 212 valence electrons. The standard InChI is InChI=1S/C24H28F2N6O4S2.ClH/c1-31(2)12-13-36-19-7-6-16(14-28-19)38(34,35)32-10-8-15(9-11-32)29-24-30-23(27)22(37-24)21(33)20-17(25)4-3-5-18(20)26;/h3-7,14-15H,8-13,27H2,1-2H3,(H,29,30);1H. The van der Waals surface area contributed by atoms with Gasteiger partial charge in [-0.1, -0.05) is 17.4 Å². The Kier molecular flexibility index (Phi) is 10.2. The largest absolute Gasteiger partial charge is 0.476 e. The fourth-order valence-electron chi connectivity index (χ4n) is 3.89. The van der Waals surface area contributed by atoms with Gasteiger partial charge < -0.3 is 20.7 Å². The number of pyridine rings is 1. The molecule has 4 rings (SSSR count). The molecule has 0 spiro atoms. The summed E-state index contributed by atoms with van der Waals surface area (Å²) in [6, 6.07) is 6.05. The monoisotopic (exact) mass is 602 g/mol. The van der Waals surface area contributed by atoms with Gasteiger partial charge in [0.05, 0.1) is 11.8 Å². The summed E-state index contributed by atoms with van der Waals surface area (Å²) in [7, 11) is 0.115. The molecule has 15 heteroatoms. The Labute approximate surface area is 235 Å². The molecular formula is C24H29ClF2N6O4S2. The van der Waals surface area contributed by atoms with Gasteiger partial charge in [0.1, 0.15) is 33.8 Å². The van der Waals surface area contributed by atoms with Crippen molar-refractivity contribution in [3.63, 3.8) is 0 Å². The first-order chi connectivity index (χ1) is 18.1. The highest BCUT2D eigenvalue weighted by Crippen LogP contribution is 2.31. The van der Waals surface area contributed by atoms with Crippen LogP contribution in [0.4, 0.5) is 19.7 Å². The van der Waals surface area contributed by atoms with E-state index in [4.69, 9.17) is 10.5 Å². The lowest BCUT2D eigenvalue weighted by Gasteiger charge is -2.31. The maximum absolute atomic E-state index is 14.1. The van der Waals surface area contributed by atoms with Crippen molar-refractivity contribution in [3.8, 4) is 5.88 Å². The van der Waals surface area contributed by atoms with Crippen molar-refractivity contribution < 1.29 is 26.7 Å². The van der Waals surface area contributed by atoms with Gasteiger partial charge in [0.2, 0.25) is 21.7 Å². The minimum Gasteiger partial charge on any atom is -0.476 e. The van der Waals surface area contributed by atoms with Crippen LogP contribution >= 0.6 is 23.7 Å². The molecule has 0 amide bonds. The van der Waals surface area contributed by atoms with Crippen LogP contribution in [0.3, 0.4) is 0 Å². The van der Waals surface area contributed by atoms with E-state index in [0.29, 0.717) is 37.0 Å². The predicted molar refractivity (Wildman–Crippen MR) is 147 cm³/mol. The SMILES string of the molecule is CN(C)CCOc1ccc(S(=O)(=O)N2CCC(Nc3nc(N)c(C(=O)c4c(F)cccc4F)s3)CC2)cn1.Cl. The number of nitrogens with zero attached hydrogens (tertiary/aromatic N) is 4. The number of likely N-dealkylation sites (N-methyl/N-ethyl adjacent to an activating group) is 1. The van der Waals surface area contributed by atoms with Gasteiger partial charge in [0.15, 0.2) is 5.13 Å². The number of hydrogen-bond donors (Lipinski definition) is 2. The van der Waals surface area contributed by atoms with Crippen molar-refractivity contribution in [1.82, 2.24) is 19.2 Å². The van der Waals surface area contributed by atoms with E-state index in [0.717, 1.165) is 23.5 Å². The zero-order chi connectivity index (χ0) is 27.4. The number of rotatable bonds is 10. The predicted octanol–water partition coefficient (Wildman–Crippen LogP) is 3.26.